The topological polar surface area (TPSA) is 53.2 Å². The molecule has 1 fully saturated rings. The lowest BCUT2D eigenvalue weighted by Gasteiger charge is -2.32. The summed E-state index contributed by atoms with van der Waals surface area (Å²) in [4.78, 5) is 2.49. The maximum absolute atomic E-state index is 5.15. The van der Waals surface area contributed by atoms with Crippen LogP contribution in [0.5, 0.6) is 0 Å². The molecule has 2 heterocycles. The highest BCUT2D eigenvalue weighted by atomic mass is 16.5. The molecule has 5 nitrogen and oxygen atoms in total. The first-order chi connectivity index (χ1) is 10.0. The average Bonchev–Trinajstić information content (AvgIpc) is 2.92. The lowest BCUT2D eigenvalue weighted by atomic mass is 9.89. The summed E-state index contributed by atoms with van der Waals surface area (Å²) in [5.74, 6) is 0. The van der Waals surface area contributed by atoms with Crippen LogP contribution in [-0.4, -0.2) is 54.5 Å². The van der Waals surface area contributed by atoms with E-state index in [9.17, 15) is 0 Å². The molecule has 1 aromatic heterocycles. The molecule has 0 spiro atoms. The molecule has 1 saturated heterocycles. The first-order valence-corrected chi connectivity index (χ1v) is 7.98. The fraction of sp³-hybridized carbons (Fsp3) is 0.812. The van der Waals surface area contributed by atoms with E-state index in [1.807, 2.05) is 6.20 Å². The van der Waals surface area contributed by atoms with Crippen molar-refractivity contribution in [2.24, 2.45) is 0 Å². The minimum atomic E-state index is 0.122. The van der Waals surface area contributed by atoms with E-state index in [2.05, 4.69) is 41.2 Å². The van der Waals surface area contributed by atoms with Crippen molar-refractivity contribution in [3.8, 4) is 0 Å². The molecule has 1 aromatic rings. The van der Waals surface area contributed by atoms with Gasteiger partial charge in [-0.1, -0.05) is 20.8 Å². The largest absolute Gasteiger partial charge is 0.383 e. The van der Waals surface area contributed by atoms with Crippen molar-refractivity contribution in [3.63, 3.8) is 0 Å². The highest BCUT2D eigenvalue weighted by Gasteiger charge is 2.22. The average molecular weight is 294 g/mol. The summed E-state index contributed by atoms with van der Waals surface area (Å²) in [6.45, 7) is 11.8. The summed E-state index contributed by atoms with van der Waals surface area (Å²) in [5.41, 5.74) is 2.66. The number of likely N-dealkylation sites (tertiary alicyclic amines) is 1. The zero-order valence-electron chi connectivity index (χ0n) is 13.9. The highest BCUT2D eigenvalue weighted by molar-refractivity contribution is 5.23. The summed E-state index contributed by atoms with van der Waals surface area (Å²) in [5, 5.41) is 11.1. The molecule has 1 aliphatic heterocycles. The van der Waals surface area contributed by atoms with Gasteiger partial charge in [-0.2, -0.15) is 5.10 Å². The Balaban J connectivity index is 1.76. The third-order valence-corrected chi connectivity index (χ3v) is 4.25. The molecule has 0 bridgehead atoms. The van der Waals surface area contributed by atoms with Gasteiger partial charge in [0.2, 0.25) is 0 Å². The molecular weight excluding hydrogens is 264 g/mol. The minimum absolute atomic E-state index is 0.122. The van der Waals surface area contributed by atoms with Crippen LogP contribution in [0.25, 0.3) is 0 Å². The molecule has 21 heavy (non-hydrogen) atoms. The van der Waals surface area contributed by atoms with Crippen LogP contribution >= 0.6 is 0 Å². The summed E-state index contributed by atoms with van der Waals surface area (Å²) in [6.07, 6.45) is 4.39. The first kappa shape index (κ1) is 16.5. The van der Waals surface area contributed by atoms with Gasteiger partial charge in [0, 0.05) is 42.9 Å². The van der Waals surface area contributed by atoms with Crippen molar-refractivity contribution in [1.82, 2.24) is 20.4 Å². The minimum Gasteiger partial charge on any atom is -0.383 e. The molecule has 0 saturated carbocycles. The number of piperidine rings is 1. The van der Waals surface area contributed by atoms with E-state index >= 15 is 0 Å². The molecule has 5 heteroatoms. The van der Waals surface area contributed by atoms with Crippen molar-refractivity contribution >= 4 is 0 Å². The molecule has 2 N–H and O–H groups in total. The number of ether oxygens (including phenoxy) is 1. The molecule has 0 unspecified atom stereocenters. The van der Waals surface area contributed by atoms with E-state index in [0.29, 0.717) is 6.04 Å². The molecule has 120 valence electrons. The van der Waals surface area contributed by atoms with Gasteiger partial charge in [0.15, 0.2) is 0 Å². The normalized spacial score (nSPS) is 18.3. The van der Waals surface area contributed by atoms with Crippen LogP contribution in [-0.2, 0) is 16.7 Å². The number of rotatable bonds is 6. The molecule has 0 aromatic carbocycles. The Morgan fingerprint density at radius 1 is 1.38 bits per heavy atom. The Morgan fingerprint density at radius 3 is 2.71 bits per heavy atom. The van der Waals surface area contributed by atoms with Crippen LogP contribution in [0.2, 0.25) is 0 Å². The second-order valence-corrected chi connectivity index (χ2v) is 7.01. The van der Waals surface area contributed by atoms with E-state index in [0.717, 1.165) is 19.7 Å². The molecule has 0 aliphatic carbocycles. The third kappa shape index (κ3) is 4.80. The number of aromatic nitrogens is 2. The summed E-state index contributed by atoms with van der Waals surface area (Å²) in [7, 11) is 1.77. The van der Waals surface area contributed by atoms with Crippen LogP contribution < -0.4 is 5.32 Å². The van der Waals surface area contributed by atoms with Crippen molar-refractivity contribution in [3.05, 3.63) is 17.5 Å². The first-order valence-electron chi connectivity index (χ1n) is 7.98. The maximum atomic E-state index is 5.15. The Hall–Kier alpha value is -0.910. The highest BCUT2D eigenvalue weighted by Crippen LogP contribution is 2.23. The Morgan fingerprint density at radius 2 is 2.10 bits per heavy atom. The van der Waals surface area contributed by atoms with E-state index in [1.54, 1.807) is 7.11 Å². The van der Waals surface area contributed by atoms with Gasteiger partial charge < -0.3 is 15.0 Å². The lowest BCUT2D eigenvalue weighted by molar-refractivity contribution is 0.126. The molecule has 0 radical (unpaired) electrons. The van der Waals surface area contributed by atoms with Crippen LogP contribution in [0.4, 0.5) is 0 Å². The van der Waals surface area contributed by atoms with Gasteiger partial charge in [0.25, 0.3) is 0 Å². The molecule has 0 atom stereocenters. The number of hydrogen-bond acceptors (Lipinski definition) is 4. The maximum Gasteiger partial charge on any atom is 0.0589 e. The van der Waals surface area contributed by atoms with Gasteiger partial charge in [-0.05, 0) is 25.9 Å². The van der Waals surface area contributed by atoms with Gasteiger partial charge in [-0.25, -0.2) is 0 Å². The second-order valence-electron chi connectivity index (χ2n) is 7.01. The third-order valence-electron chi connectivity index (χ3n) is 4.25. The van der Waals surface area contributed by atoms with Crippen molar-refractivity contribution in [2.75, 3.05) is 33.4 Å². The van der Waals surface area contributed by atoms with E-state index in [1.165, 1.54) is 37.2 Å². The standard InChI is InChI=1S/C16H30N4O/c1-16(2,3)15-13(12-18-19-15)11-17-14-5-7-20(8-6-14)9-10-21-4/h12,14,17H,5-11H2,1-4H3,(H,18,19). The second kappa shape index (κ2) is 7.38. The predicted molar refractivity (Wildman–Crippen MR) is 85.5 cm³/mol. The molecule has 2 rings (SSSR count). The zero-order chi connectivity index (χ0) is 15.3. The van der Waals surface area contributed by atoms with E-state index in [4.69, 9.17) is 4.74 Å². The predicted octanol–water partition coefficient (Wildman–Crippen LogP) is 1.91. The van der Waals surface area contributed by atoms with Gasteiger partial charge >= 0.3 is 0 Å². The number of H-pyrrole nitrogens is 1. The van der Waals surface area contributed by atoms with Crippen LogP contribution in [0.1, 0.15) is 44.9 Å². The monoisotopic (exact) mass is 294 g/mol. The molecule has 1 aliphatic rings. The summed E-state index contributed by atoms with van der Waals surface area (Å²) < 4.78 is 5.15. The Labute approximate surface area is 128 Å². The number of hydrogen-bond donors (Lipinski definition) is 2. The van der Waals surface area contributed by atoms with Gasteiger partial charge in [-0.3, -0.25) is 5.10 Å². The molecule has 0 amide bonds. The molecular formula is C16H30N4O. The summed E-state index contributed by atoms with van der Waals surface area (Å²) >= 11 is 0. The van der Waals surface area contributed by atoms with Crippen LogP contribution in [0.3, 0.4) is 0 Å². The van der Waals surface area contributed by atoms with Crippen LogP contribution in [0.15, 0.2) is 6.20 Å². The number of nitrogens with one attached hydrogen (secondary N) is 2. The number of aromatic amines is 1. The quantitative estimate of drug-likeness (QED) is 0.841. The number of methoxy groups -OCH3 is 1. The van der Waals surface area contributed by atoms with Crippen LogP contribution in [0, 0.1) is 0 Å². The van der Waals surface area contributed by atoms with Gasteiger partial charge in [0.05, 0.1) is 12.8 Å². The van der Waals surface area contributed by atoms with Gasteiger partial charge in [0.1, 0.15) is 0 Å². The Kier molecular flexibility index (Phi) is 5.79. The van der Waals surface area contributed by atoms with Crippen molar-refractivity contribution < 1.29 is 4.74 Å². The fourth-order valence-electron chi connectivity index (χ4n) is 2.93. The van der Waals surface area contributed by atoms with Gasteiger partial charge in [-0.15, -0.1) is 0 Å². The van der Waals surface area contributed by atoms with E-state index < -0.39 is 0 Å². The van der Waals surface area contributed by atoms with Crippen molar-refractivity contribution in [2.45, 2.75) is 51.6 Å². The SMILES string of the molecule is COCCN1CCC(NCc2cn[nH]c2C(C)(C)C)CC1. The lowest BCUT2D eigenvalue weighted by Crippen LogP contribution is -2.43. The van der Waals surface area contributed by atoms with E-state index in [-0.39, 0.29) is 5.41 Å². The Bertz CT molecular complexity index is 416. The fourth-order valence-corrected chi connectivity index (χ4v) is 2.93. The summed E-state index contributed by atoms with van der Waals surface area (Å²) in [6, 6.07) is 0.617. The number of nitrogens with zero attached hydrogens (tertiary/aromatic N) is 2. The smallest absolute Gasteiger partial charge is 0.0589 e. The zero-order valence-corrected chi connectivity index (χ0v) is 13.9. The van der Waals surface area contributed by atoms with Crippen molar-refractivity contribution in [1.29, 1.82) is 0 Å².